The van der Waals surface area contributed by atoms with Crippen molar-refractivity contribution >= 4 is 11.6 Å². The molecular weight excluding hydrogens is 219 g/mol. The van der Waals surface area contributed by atoms with Gasteiger partial charge < -0.3 is 0 Å². The van der Waals surface area contributed by atoms with Crippen LogP contribution in [0.25, 0.3) is 0 Å². The molecule has 2 rings (SSSR count). The van der Waals surface area contributed by atoms with E-state index in [0.29, 0.717) is 18.4 Å². The van der Waals surface area contributed by atoms with Crippen LogP contribution in [0.5, 0.6) is 0 Å². The first-order valence-corrected chi connectivity index (χ1v) is 5.90. The minimum absolute atomic E-state index is 0.0879. The molecule has 0 amide bonds. The number of ketones is 2. The van der Waals surface area contributed by atoms with Crippen molar-refractivity contribution in [3.8, 4) is 0 Å². The van der Waals surface area contributed by atoms with Crippen molar-refractivity contribution in [2.75, 3.05) is 0 Å². The van der Waals surface area contributed by atoms with E-state index in [2.05, 4.69) is 0 Å². The maximum atomic E-state index is 13.1. The molecule has 1 aliphatic rings. The number of aryl methyl sites for hydroxylation is 1. The number of hydrogen-bond acceptors (Lipinski definition) is 2. The van der Waals surface area contributed by atoms with Crippen LogP contribution in [0.1, 0.15) is 41.6 Å². The van der Waals surface area contributed by atoms with Gasteiger partial charge in [0, 0.05) is 24.3 Å². The summed E-state index contributed by atoms with van der Waals surface area (Å²) in [6.07, 6.45) is 2.39. The Labute approximate surface area is 99.8 Å². The van der Waals surface area contributed by atoms with Crippen molar-refractivity contribution < 1.29 is 14.0 Å². The van der Waals surface area contributed by atoms with Gasteiger partial charge in [-0.25, -0.2) is 4.39 Å². The molecule has 0 heterocycles. The highest BCUT2D eigenvalue weighted by molar-refractivity contribution is 6.01. The Hall–Kier alpha value is -1.51. The summed E-state index contributed by atoms with van der Waals surface area (Å²) >= 11 is 0. The Morgan fingerprint density at radius 3 is 2.88 bits per heavy atom. The lowest BCUT2D eigenvalue weighted by molar-refractivity contribution is -0.121. The Kier molecular flexibility index (Phi) is 3.36. The normalized spacial score (nSPS) is 20.4. The molecule has 0 spiro atoms. The molecule has 17 heavy (non-hydrogen) atoms. The predicted molar refractivity (Wildman–Crippen MR) is 62.4 cm³/mol. The van der Waals surface area contributed by atoms with E-state index in [0.717, 1.165) is 18.4 Å². The zero-order chi connectivity index (χ0) is 12.4. The number of halogens is 1. The number of Topliss-reactive ketones (excluding diaryl/α,β-unsaturated/α-hetero) is 2. The quantitative estimate of drug-likeness (QED) is 0.737. The first-order chi connectivity index (χ1) is 8.08. The van der Waals surface area contributed by atoms with E-state index < -0.39 is 5.82 Å². The summed E-state index contributed by atoms with van der Waals surface area (Å²) in [6, 6.07) is 4.22. The van der Waals surface area contributed by atoms with Gasteiger partial charge >= 0.3 is 0 Å². The summed E-state index contributed by atoms with van der Waals surface area (Å²) in [5.41, 5.74) is 1.19. The molecule has 1 aromatic rings. The second-order valence-corrected chi connectivity index (χ2v) is 4.66. The lowest BCUT2D eigenvalue weighted by atomic mass is 9.82. The van der Waals surface area contributed by atoms with Crippen molar-refractivity contribution in [2.45, 2.75) is 32.6 Å². The van der Waals surface area contributed by atoms with Gasteiger partial charge in [0.15, 0.2) is 5.78 Å². The standard InChI is InChI=1S/C14H15FO2/c1-9-5-6-11(15)8-13(9)14(17)10-3-2-4-12(16)7-10/h5-6,8,10H,2-4,7H2,1H3. The molecule has 1 atom stereocenters. The van der Waals surface area contributed by atoms with E-state index in [1.54, 1.807) is 13.0 Å². The van der Waals surface area contributed by atoms with E-state index in [4.69, 9.17) is 0 Å². The highest BCUT2D eigenvalue weighted by Gasteiger charge is 2.27. The third-order valence-electron chi connectivity index (χ3n) is 3.32. The fraction of sp³-hybridized carbons (Fsp3) is 0.429. The average Bonchev–Trinajstić information content (AvgIpc) is 2.31. The van der Waals surface area contributed by atoms with Crippen LogP contribution in [-0.2, 0) is 4.79 Å². The SMILES string of the molecule is Cc1ccc(F)cc1C(=O)C1CCCC(=O)C1. The fourth-order valence-corrected chi connectivity index (χ4v) is 2.33. The van der Waals surface area contributed by atoms with Crippen LogP contribution in [0.15, 0.2) is 18.2 Å². The molecule has 1 fully saturated rings. The zero-order valence-electron chi connectivity index (χ0n) is 9.83. The van der Waals surface area contributed by atoms with E-state index >= 15 is 0 Å². The number of benzene rings is 1. The van der Waals surface area contributed by atoms with E-state index in [1.165, 1.54) is 12.1 Å². The van der Waals surface area contributed by atoms with E-state index in [1.807, 2.05) is 0 Å². The van der Waals surface area contributed by atoms with Gasteiger partial charge in [0.1, 0.15) is 11.6 Å². The minimum atomic E-state index is -0.402. The highest BCUT2D eigenvalue weighted by Crippen LogP contribution is 2.26. The molecule has 0 saturated heterocycles. The Morgan fingerprint density at radius 2 is 2.18 bits per heavy atom. The first kappa shape index (κ1) is 12.0. The molecule has 2 nitrogen and oxygen atoms in total. The molecule has 0 radical (unpaired) electrons. The molecule has 90 valence electrons. The van der Waals surface area contributed by atoms with Gasteiger partial charge in [0.2, 0.25) is 0 Å². The fourth-order valence-electron chi connectivity index (χ4n) is 2.33. The molecule has 0 aliphatic heterocycles. The van der Waals surface area contributed by atoms with Gasteiger partial charge in [-0.3, -0.25) is 9.59 Å². The maximum Gasteiger partial charge on any atom is 0.166 e. The topological polar surface area (TPSA) is 34.1 Å². The summed E-state index contributed by atoms with van der Waals surface area (Å²) in [5, 5.41) is 0. The van der Waals surface area contributed by atoms with Gasteiger partial charge in [-0.2, -0.15) is 0 Å². The van der Waals surface area contributed by atoms with Crippen molar-refractivity contribution in [1.82, 2.24) is 0 Å². The number of carbonyl (C=O) groups excluding carboxylic acids is 2. The summed E-state index contributed by atoms with van der Waals surface area (Å²) in [5.74, 6) is -0.600. The van der Waals surface area contributed by atoms with Crippen LogP contribution >= 0.6 is 0 Å². The third-order valence-corrected chi connectivity index (χ3v) is 3.32. The van der Waals surface area contributed by atoms with Crippen LogP contribution in [0.2, 0.25) is 0 Å². The second kappa shape index (κ2) is 4.78. The van der Waals surface area contributed by atoms with Crippen LogP contribution in [0.4, 0.5) is 4.39 Å². The van der Waals surface area contributed by atoms with E-state index in [9.17, 15) is 14.0 Å². The van der Waals surface area contributed by atoms with Gasteiger partial charge in [0.25, 0.3) is 0 Å². The van der Waals surface area contributed by atoms with Gasteiger partial charge in [-0.05, 0) is 37.5 Å². The lowest BCUT2D eigenvalue weighted by Crippen LogP contribution is -2.23. The minimum Gasteiger partial charge on any atom is -0.300 e. The number of rotatable bonds is 2. The average molecular weight is 234 g/mol. The van der Waals surface area contributed by atoms with Gasteiger partial charge in [-0.15, -0.1) is 0 Å². The third kappa shape index (κ3) is 2.60. The van der Waals surface area contributed by atoms with E-state index in [-0.39, 0.29) is 17.5 Å². The van der Waals surface area contributed by atoms with Crippen LogP contribution in [0.3, 0.4) is 0 Å². The Morgan fingerprint density at radius 1 is 1.41 bits per heavy atom. The summed E-state index contributed by atoms with van der Waals surface area (Å²) in [7, 11) is 0. The molecule has 0 N–H and O–H groups in total. The second-order valence-electron chi connectivity index (χ2n) is 4.66. The molecule has 3 heteroatoms. The lowest BCUT2D eigenvalue weighted by Gasteiger charge is -2.20. The van der Waals surface area contributed by atoms with Crippen molar-refractivity contribution in [1.29, 1.82) is 0 Å². The molecular formula is C14H15FO2. The predicted octanol–water partition coefficient (Wildman–Crippen LogP) is 3.08. The highest BCUT2D eigenvalue weighted by atomic mass is 19.1. The Bertz CT molecular complexity index is 465. The van der Waals surface area contributed by atoms with Crippen molar-refractivity contribution in [3.63, 3.8) is 0 Å². The summed E-state index contributed by atoms with van der Waals surface area (Å²) in [4.78, 5) is 23.5. The van der Waals surface area contributed by atoms with Gasteiger partial charge in [0.05, 0.1) is 0 Å². The van der Waals surface area contributed by atoms with Crippen molar-refractivity contribution in [2.24, 2.45) is 5.92 Å². The van der Waals surface area contributed by atoms with Crippen LogP contribution in [0, 0.1) is 18.7 Å². The largest absolute Gasteiger partial charge is 0.300 e. The molecule has 1 aromatic carbocycles. The monoisotopic (exact) mass is 234 g/mol. The molecule has 0 bridgehead atoms. The van der Waals surface area contributed by atoms with Crippen LogP contribution < -0.4 is 0 Å². The zero-order valence-corrected chi connectivity index (χ0v) is 9.83. The molecule has 0 aromatic heterocycles. The smallest absolute Gasteiger partial charge is 0.166 e. The first-order valence-electron chi connectivity index (χ1n) is 5.90. The maximum absolute atomic E-state index is 13.1. The molecule has 1 aliphatic carbocycles. The molecule has 1 saturated carbocycles. The number of carbonyl (C=O) groups is 2. The number of hydrogen-bond donors (Lipinski definition) is 0. The summed E-state index contributed by atoms with van der Waals surface area (Å²) < 4.78 is 13.1. The molecule has 1 unspecified atom stereocenters. The van der Waals surface area contributed by atoms with Gasteiger partial charge in [-0.1, -0.05) is 6.07 Å². The Balaban J connectivity index is 2.24. The summed E-state index contributed by atoms with van der Waals surface area (Å²) in [6.45, 7) is 1.79. The van der Waals surface area contributed by atoms with Crippen LogP contribution in [-0.4, -0.2) is 11.6 Å². The van der Waals surface area contributed by atoms with Crippen molar-refractivity contribution in [3.05, 3.63) is 35.1 Å².